The van der Waals surface area contributed by atoms with Crippen LogP contribution < -0.4 is 51.4 Å². The molecule has 9 heteroatoms. The van der Waals surface area contributed by atoms with E-state index in [-0.39, 0.29) is 56.4 Å². The zero-order valence-electron chi connectivity index (χ0n) is 6.85. The summed E-state index contributed by atoms with van der Waals surface area (Å²) in [6.45, 7) is 0. The maximum Gasteiger partial charge on any atom is 1.00 e. The Balaban J connectivity index is 0.00000169. The maximum absolute atomic E-state index is 10.5. The van der Waals surface area contributed by atoms with Crippen molar-refractivity contribution in [2.75, 3.05) is 0 Å². The first-order chi connectivity index (χ1) is 5.84. The van der Waals surface area contributed by atoms with Crippen molar-refractivity contribution in [1.82, 2.24) is 0 Å². The van der Waals surface area contributed by atoms with E-state index in [0.717, 1.165) is 5.38 Å². The molecule has 0 spiro atoms. The summed E-state index contributed by atoms with van der Waals surface area (Å²) in [5.74, 6) is -1.48. The van der Waals surface area contributed by atoms with E-state index in [1.54, 1.807) is 0 Å². The Morgan fingerprint density at radius 3 is 2.36 bits per heavy atom. The SMILES string of the molecule is O=C(O)c1scc(Cl)c1S(=O)(=O)[O-].[K+]. The third-order valence-electron chi connectivity index (χ3n) is 1.15. The smallest absolute Gasteiger partial charge is 0.744 e. The minimum atomic E-state index is -4.82. The average molecular weight is 281 g/mol. The Hall–Kier alpha value is 1.01. The van der Waals surface area contributed by atoms with Crippen molar-refractivity contribution >= 4 is 39.0 Å². The molecule has 0 aliphatic carbocycles. The zero-order chi connectivity index (χ0) is 10.2. The third kappa shape index (κ3) is 3.25. The van der Waals surface area contributed by atoms with Crippen molar-refractivity contribution < 1.29 is 74.3 Å². The molecule has 14 heavy (non-hydrogen) atoms. The molecule has 0 amide bonds. The monoisotopic (exact) mass is 280 g/mol. The van der Waals surface area contributed by atoms with E-state index in [0.29, 0.717) is 11.3 Å². The summed E-state index contributed by atoms with van der Waals surface area (Å²) >= 11 is 5.94. The fraction of sp³-hybridized carbons (Fsp3) is 0. The molecule has 0 aromatic carbocycles. The standard InChI is InChI=1S/C5H3ClO5S2.K/c6-2-1-12-3(5(7)8)4(2)13(9,10)11;/h1H,(H,7,8)(H,9,10,11);/q;+1/p-1. The van der Waals surface area contributed by atoms with Crippen LogP contribution >= 0.6 is 22.9 Å². The number of carboxylic acids is 1. The van der Waals surface area contributed by atoms with Crippen molar-refractivity contribution in [3.63, 3.8) is 0 Å². The Morgan fingerprint density at radius 2 is 2.07 bits per heavy atom. The van der Waals surface area contributed by atoms with Gasteiger partial charge in [-0.15, -0.1) is 11.3 Å². The van der Waals surface area contributed by atoms with Crippen LogP contribution in [0.5, 0.6) is 0 Å². The van der Waals surface area contributed by atoms with Crippen molar-refractivity contribution in [3.05, 3.63) is 15.3 Å². The molecule has 0 radical (unpaired) electrons. The Labute approximate surface area is 131 Å². The van der Waals surface area contributed by atoms with Gasteiger partial charge in [-0.3, -0.25) is 0 Å². The Kier molecular flexibility index (Phi) is 5.76. The molecule has 0 fully saturated rings. The van der Waals surface area contributed by atoms with Crippen LogP contribution in [0.25, 0.3) is 0 Å². The second kappa shape index (κ2) is 5.37. The second-order valence-electron chi connectivity index (χ2n) is 2.00. The van der Waals surface area contributed by atoms with Crippen molar-refractivity contribution in [3.8, 4) is 0 Å². The summed E-state index contributed by atoms with van der Waals surface area (Å²) in [5.41, 5.74) is 0. The minimum absolute atomic E-state index is 0. The van der Waals surface area contributed by atoms with E-state index in [1.165, 1.54) is 0 Å². The molecule has 0 unspecified atom stereocenters. The van der Waals surface area contributed by atoms with Gasteiger partial charge in [0.1, 0.15) is 15.0 Å². The summed E-state index contributed by atoms with van der Waals surface area (Å²) in [6.07, 6.45) is 0. The summed E-state index contributed by atoms with van der Waals surface area (Å²) in [6, 6.07) is 0. The fourth-order valence-corrected chi connectivity index (χ4v) is 3.07. The third-order valence-corrected chi connectivity index (χ3v) is 3.71. The zero-order valence-corrected chi connectivity index (χ0v) is 12.4. The molecule has 1 heterocycles. The number of hydrogen-bond donors (Lipinski definition) is 1. The number of carbonyl (C=O) groups is 1. The first-order valence-electron chi connectivity index (χ1n) is 2.80. The topological polar surface area (TPSA) is 94.5 Å². The molecule has 72 valence electrons. The van der Waals surface area contributed by atoms with Crippen LogP contribution in [0.3, 0.4) is 0 Å². The Bertz CT molecular complexity index is 451. The summed E-state index contributed by atoms with van der Waals surface area (Å²) < 4.78 is 31.6. The van der Waals surface area contributed by atoms with E-state index in [4.69, 9.17) is 16.7 Å². The molecule has 0 aliphatic rings. The van der Waals surface area contributed by atoms with Gasteiger partial charge in [0.25, 0.3) is 0 Å². The van der Waals surface area contributed by atoms with Gasteiger partial charge in [0.2, 0.25) is 0 Å². The molecule has 1 aromatic heterocycles. The first kappa shape index (κ1) is 15.0. The minimum Gasteiger partial charge on any atom is -0.744 e. The molecule has 0 bridgehead atoms. The van der Waals surface area contributed by atoms with Crippen LogP contribution in [0.1, 0.15) is 9.67 Å². The van der Waals surface area contributed by atoms with Gasteiger partial charge in [0.15, 0.2) is 0 Å². The normalized spacial score (nSPS) is 10.7. The number of rotatable bonds is 2. The van der Waals surface area contributed by atoms with Crippen LogP contribution in [0, 0.1) is 0 Å². The number of aromatic carboxylic acids is 1. The summed E-state index contributed by atoms with van der Waals surface area (Å²) in [7, 11) is -4.82. The average Bonchev–Trinajstić information content (AvgIpc) is 2.28. The van der Waals surface area contributed by atoms with Gasteiger partial charge in [0.05, 0.1) is 9.92 Å². The quantitative estimate of drug-likeness (QED) is 0.500. The van der Waals surface area contributed by atoms with Crippen molar-refractivity contribution in [2.45, 2.75) is 4.90 Å². The molecule has 5 nitrogen and oxygen atoms in total. The molecule has 0 aliphatic heterocycles. The van der Waals surface area contributed by atoms with Crippen LogP contribution in [-0.2, 0) is 10.1 Å². The maximum atomic E-state index is 10.5. The first-order valence-corrected chi connectivity index (χ1v) is 5.47. The number of hydrogen-bond acceptors (Lipinski definition) is 5. The molecule has 1 rings (SSSR count). The van der Waals surface area contributed by atoms with Gasteiger partial charge < -0.3 is 9.66 Å². The fourth-order valence-electron chi connectivity index (χ4n) is 0.707. The number of halogens is 1. The van der Waals surface area contributed by atoms with Gasteiger partial charge in [0, 0.05) is 5.38 Å². The van der Waals surface area contributed by atoms with Gasteiger partial charge in [-0.25, -0.2) is 13.2 Å². The van der Waals surface area contributed by atoms with Crippen molar-refractivity contribution in [1.29, 1.82) is 0 Å². The van der Waals surface area contributed by atoms with Gasteiger partial charge >= 0.3 is 57.4 Å². The molecule has 1 aromatic rings. The van der Waals surface area contributed by atoms with Gasteiger partial charge in [-0.2, -0.15) is 0 Å². The predicted octanol–water partition coefficient (Wildman–Crippen LogP) is -1.99. The molecular formula is C5H2ClKO5S2. The molecule has 0 saturated heterocycles. The van der Waals surface area contributed by atoms with E-state index in [9.17, 15) is 17.8 Å². The van der Waals surface area contributed by atoms with Crippen molar-refractivity contribution in [2.24, 2.45) is 0 Å². The largest absolute Gasteiger partial charge is 1.00 e. The molecule has 1 N–H and O–H groups in total. The summed E-state index contributed by atoms with van der Waals surface area (Å²) in [4.78, 5) is 9.02. The van der Waals surface area contributed by atoms with E-state index < -0.39 is 25.9 Å². The van der Waals surface area contributed by atoms with Crippen LogP contribution in [-0.4, -0.2) is 24.0 Å². The Morgan fingerprint density at radius 1 is 1.57 bits per heavy atom. The van der Waals surface area contributed by atoms with Crippen LogP contribution in [0.2, 0.25) is 5.02 Å². The van der Waals surface area contributed by atoms with Crippen LogP contribution in [0.4, 0.5) is 0 Å². The van der Waals surface area contributed by atoms with Gasteiger partial charge in [-0.1, -0.05) is 11.6 Å². The van der Waals surface area contributed by atoms with Crippen LogP contribution in [0.15, 0.2) is 10.3 Å². The molecular weight excluding hydrogens is 279 g/mol. The number of carboxylic acid groups (broad SMARTS) is 1. The van der Waals surface area contributed by atoms with Gasteiger partial charge in [-0.05, 0) is 0 Å². The van der Waals surface area contributed by atoms with E-state index >= 15 is 0 Å². The number of thiophene rings is 1. The molecule has 0 saturated carbocycles. The summed E-state index contributed by atoms with van der Waals surface area (Å²) in [5, 5.41) is 9.23. The van der Waals surface area contributed by atoms with E-state index in [2.05, 4.69) is 0 Å². The second-order valence-corrected chi connectivity index (χ2v) is 4.60. The van der Waals surface area contributed by atoms with E-state index in [1.807, 2.05) is 0 Å². The predicted molar refractivity (Wildman–Crippen MR) is 44.3 cm³/mol. The molecule has 0 atom stereocenters.